The van der Waals surface area contributed by atoms with Crippen LogP contribution in [0.4, 0.5) is 0 Å². The van der Waals surface area contributed by atoms with Crippen molar-refractivity contribution in [1.82, 2.24) is 15.4 Å². The van der Waals surface area contributed by atoms with Crippen molar-refractivity contribution in [2.45, 2.75) is 95.9 Å². The fourth-order valence-electron chi connectivity index (χ4n) is 4.98. The first-order valence-electron chi connectivity index (χ1n) is 11.9. The second-order valence-corrected chi connectivity index (χ2v) is 9.12. The van der Waals surface area contributed by atoms with E-state index in [-0.39, 0.29) is 5.91 Å². The van der Waals surface area contributed by atoms with Crippen LogP contribution in [-0.2, 0) is 6.54 Å². The normalized spacial score (nSPS) is 19.4. The van der Waals surface area contributed by atoms with Gasteiger partial charge in [0.1, 0.15) is 5.76 Å². The second-order valence-electron chi connectivity index (χ2n) is 9.12. The zero-order valence-electron chi connectivity index (χ0n) is 18.5. The van der Waals surface area contributed by atoms with E-state index >= 15 is 0 Å². The molecule has 2 aromatic rings. The van der Waals surface area contributed by atoms with Gasteiger partial charge < -0.3 is 24.3 Å². The molecule has 0 saturated heterocycles. The van der Waals surface area contributed by atoms with Crippen molar-refractivity contribution >= 4 is 5.91 Å². The number of rotatable bonds is 8. The lowest BCUT2D eigenvalue weighted by molar-refractivity contribution is 0.0438. The van der Waals surface area contributed by atoms with Gasteiger partial charge in [-0.05, 0) is 44.7 Å². The van der Waals surface area contributed by atoms with Gasteiger partial charge in [0, 0.05) is 24.7 Å². The van der Waals surface area contributed by atoms with E-state index in [1.54, 1.807) is 13.0 Å². The fraction of sp³-hybridized carbons (Fsp3) is 0.667. The van der Waals surface area contributed by atoms with Gasteiger partial charge in [-0.2, -0.15) is 0 Å². The van der Waals surface area contributed by atoms with Crippen LogP contribution in [0.1, 0.15) is 87.4 Å². The van der Waals surface area contributed by atoms with E-state index in [2.05, 4.69) is 15.4 Å². The Bertz CT molecular complexity index is 814. The van der Waals surface area contributed by atoms with Crippen LogP contribution in [0.5, 0.6) is 0 Å². The predicted octanol–water partition coefficient (Wildman–Crippen LogP) is 4.51. The van der Waals surface area contributed by atoms with Crippen LogP contribution in [-0.4, -0.2) is 45.8 Å². The molecule has 0 aromatic carbocycles. The first kappa shape index (κ1) is 22.1. The summed E-state index contributed by atoms with van der Waals surface area (Å²) in [4.78, 5) is 15.7. The Morgan fingerprint density at radius 2 is 1.74 bits per heavy atom. The molecule has 170 valence electrons. The van der Waals surface area contributed by atoms with Gasteiger partial charge in [-0.3, -0.25) is 4.79 Å². The molecule has 1 atom stereocenters. The summed E-state index contributed by atoms with van der Waals surface area (Å²) >= 11 is 0. The summed E-state index contributed by atoms with van der Waals surface area (Å²) < 4.78 is 11.3. The third kappa shape index (κ3) is 5.57. The first-order chi connectivity index (χ1) is 15.1. The predicted molar refractivity (Wildman–Crippen MR) is 118 cm³/mol. The van der Waals surface area contributed by atoms with Crippen LogP contribution in [0.3, 0.4) is 0 Å². The third-order valence-corrected chi connectivity index (χ3v) is 6.54. The number of hydrogen-bond donors (Lipinski definition) is 2. The lowest BCUT2D eigenvalue weighted by Gasteiger charge is -2.41. The number of nitrogens with one attached hydrogen (secondary N) is 1. The number of aliphatic hydroxyl groups excluding tert-OH is 1. The number of aliphatic hydroxyl groups is 1. The van der Waals surface area contributed by atoms with Gasteiger partial charge in [0.05, 0.1) is 12.6 Å². The molecule has 2 aliphatic rings. The first-order valence-corrected chi connectivity index (χ1v) is 11.9. The molecule has 2 heterocycles. The fourth-order valence-corrected chi connectivity index (χ4v) is 4.98. The van der Waals surface area contributed by atoms with Crippen LogP contribution < -0.4 is 5.32 Å². The molecule has 0 bridgehead atoms. The maximum absolute atomic E-state index is 13.5. The average molecular weight is 430 g/mol. The number of carbonyl (C=O) groups is 1. The van der Waals surface area contributed by atoms with E-state index in [1.807, 2.05) is 12.1 Å². The third-order valence-electron chi connectivity index (χ3n) is 6.54. The van der Waals surface area contributed by atoms with Crippen molar-refractivity contribution in [3.05, 3.63) is 29.7 Å². The Morgan fingerprint density at radius 1 is 1.10 bits per heavy atom. The molecule has 2 aliphatic carbocycles. The van der Waals surface area contributed by atoms with Crippen LogP contribution >= 0.6 is 0 Å². The zero-order chi connectivity index (χ0) is 21.6. The van der Waals surface area contributed by atoms with Crippen molar-refractivity contribution in [3.8, 4) is 11.5 Å². The Labute approximate surface area is 184 Å². The highest BCUT2D eigenvalue weighted by Crippen LogP contribution is 2.32. The minimum absolute atomic E-state index is 0.000760. The topological polar surface area (TPSA) is 91.7 Å². The van der Waals surface area contributed by atoms with E-state index in [0.29, 0.717) is 42.4 Å². The Hall–Kier alpha value is -2.12. The molecule has 2 saturated carbocycles. The van der Waals surface area contributed by atoms with Crippen molar-refractivity contribution in [2.75, 3.05) is 6.54 Å². The van der Waals surface area contributed by atoms with E-state index in [4.69, 9.17) is 8.94 Å². The van der Waals surface area contributed by atoms with E-state index in [9.17, 15) is 9.90 Å². The number of hydrogen-bond acceptors (Lipinski definition) is 6. The van der Waals surface area contributed by atoms with Gasteiger partial charge in [-0.15, -0.1) is 0 Å². The SMILES string of the molecule is CC(O)CNCc1ccc(-c2cc(C(=O)N(C3CCCCC3)C3CCCCC3)no2)o1. The number of nitrogens with zero attached hydrogens (tertiary/aromatic N) is 2. The Morgan fingerprint density at radius 3 is 2.35 bits per heavy atom. The molecule has 7 heteroatoms. The highest BCUT2D eigenvalue weighted by atomic mass is 16.5. The van der Waals surface area contributed by atoms with Crippen molar-refractivity contribution in [2.24, 2.45) is 0 Å². The highest BCUT2D eigenvalue weighted by molar-refractivity contribution is 5.93. The van der Waals surface area contributed by atoms with E-state index < -0.39 is 6.10 Å². The summed E-state index contributed by atoms with van der Waals surface area (Å²) in [5.41, 5.74) is 0.372. The Kier molecular flexibility index (Phi) is 7.45. The van der Waals surface area contributed by atoms with Gasteiger partial charge in [0.15, 0.2) is 11.5 Å². The second kappa shape index (κ2) is 10.5. The molecule has 1 unspecified atom stereocenters. The summed E-state index contributed by atoms with van der Waals surface area (Å²) in [7, 11) is 0. The Balaban J connectivity index is 1.47. The summed E-state index contributed by atoms with van der Waals surface area (Å²) in [5, 5.41) is 16.6. The van der Waals surface area contributed by atoms with Crippen molar-refractivity contribution < 1.29 is 18.8 Å². The number of amides is 1. The lowest BCUT2D eigenvalue weighted by Crippen LogP contribution is -2.48. The zero-order valence-corrected chi connectivity index (χ0v) is 18.5. The molecule has 0 spiro atoms. The monoisotopic (exact) mass is 429 g/mol. The summed E-state index contributed by atoms with van der Waals surface area (Å²) in [6.45, 7) is 2.74. The quantitative estimate of drug-likeness (QED) is 0.641. The molecular weight excluding hydrogens is 394 g/mol. The molecule has 2 aromatic heterocycles. The van der Waals surface area contributed by atoms with Crippen LogP contribution in [0.2, 0.25) is 0 Å². The molecule has 0 radical (unpaired) electrons. The minimum atomic E-state index is -0.409. The molecular formula is C24H35N3O4. The summed E-state index contributed by atoms with van der Waals surface area (Å²) in [5.74, 6) is 1.77. The van der Waals surface area contributed by atoms with Crippen LogP contribution in [0.15, 0.2) is 27.1 Å². The maximum Gasteiger partial charge on any atom is 0.276 e. The van der Waals surface area contributed by atoms with Crippen LogP contribution in [0.25, 0.3) is 11.5 Å². The van der Waals surface area contributed by atoms with E-state index in [1.165, 1.54) is 38.5 Å². The minimum Gasteiger partial charge on any atom is -0.456 e. The molecule has 2 fully saturated rings. The van der Waals surface area contributed by atoms with Gasteiger partial charge in [-0.1, -0.05) is 43.7 Å². The standard InChI is InChI=1S/C24H35N3O4/c1-17(28)15-25-16-20-12-13-22(30-20)23-14-21(26-31-23)24(29)27(18-8-4-2-5-9-18)19-10-6-3-7-11-19/h12-14,17-19,25,28H,2-11,15-16H2,1H3. The highest BCUT2D eigenvalue weighted by Gasteiger charge is 2.34. The molecule has 7 nitrogen and oxygen atoms in total. The van der Waals surface area contributed by atoms with Gasteiger partial charge in [-0.25, -0.2) is 0 Å². The molecule has 2 N–H and O–H groups in total. The molecule has 31 heavy (non-hydrogen) atoms. The smallest absolute Gasteiger partial charge is 0.276 e. The molecule has 0 aliphatic heterocycles. The van der Waals surface area contributed by atoms with Crippen molar-refractivity contribution in [3.63, 3.8) is 0 Å². The van der Waals surface area contributed by atoms with Crippen molar-refractivity contribution in [1.29, 1.82) is 0 Å². The molecule has 1 amide bonds. The van der Waals surface area contributed by atoms with Crippen LogP contribution in [0, 0.1) is 0 Å². The lowest BCUT2D eigenvalue weighted by atomic mass is 9.88. The number of carbonyl (C=O) groups excluding carboxylic acids is 1. The number of aromatic nitrogens is 1. The maximum atomic E-state index is 13.5. The molecule has 4 rings (SSSR count). The van der Waals surface area contributed by atoms with Gasteiger partial charge >= 0.3 is 0 Å². The van der Waals surface area contributed by atoms with Gasteiger partial charge in [0.25, 0.3) is 5.91 Å². The largest absolute Gasteiger partial charge is 0.456 e. The average Bonchev–Trinajstić information content (AvgIpc) is 3.45. The van der Waals surface area contributed by atoms with Gasteiger partial charge in [0.2, 0.25) is 5.76 Å². The number of furan rings is 1. The summed E-state index contributed by atoms with van der Waals surface area (Å²) in [6, 6.07) is 6.05. The summed E-state index contributed by atoms with van der Waals surface area (Å²) in [6.07, 6.45) is 11.3. The van der Waals surface area contributed by atoms with E-state index in [0.717, 1.165) is 31.4 Å².